The summed E-state index contributed by atoms with van der Waals surface area (Å²) in [5.74, 6) is 6.66. The SMILES string of the molecule is Cc1cc(NC(=O)C(C)C2CC2)ccc1C#CCN. The molecule has 1 aromatic carbocycles. The summed E-state index contributed by atoms with van der Waals surface area (Å²) in [7, 11) is 0. The molecule has 0 heterocycles. The molecule has 1 saturated carbocycles. The number of nitrogens with one attached hydrogen (secondary N) is 1. The van der Waals surface area contributed by atoms with Gasteiger partial charge in [0, 0.05) is 17.2 Å². The van der Waals surface area contributed by atoms with Gasteiger partial charge in [0.2, 0.25) is 5.91 Å². The van der Waals surface area contributed by atoms with Crippen LogP contribution in [0.5, 0.6) is 0 Å². The lowest BCUT2D eigenvalue weighted by atomic mass is 10.0. The van der Waals surface area contributed by atoms with Gasteiger partial charge < -0.3 is 11.1 Å². The molecule has 2 rings (SSSR count). The summed E-state index contributed by atoms with van der Waals surface area (Å²) in [6.45, 7) is 4.35. The Morgan fingerprint density at radius 2 is 2.26 bits per heavy atom. The second kappa shape index (κ2) is 5.90. The third kappa shape index (κ3) is 3.59. The van der Waals surface area contributed by atoms with E-state index >= 15 is 0 Å². The number of hydrogen-bond donors (Lipinski definition) is 2. The van der Waals surface area contributed by atoms with Crippen molar-refractivity contribution in [2.24, 2.45) is 17.6 Å². The Morgan fingerprint density at radius 1 is 1.53 bits per heavy atom. The van der Waals surface area contributed by atoms with Gasteiger partial charge >= 0.3 is 0 Å². The van der Waals surface area contributed by atoms with Gasteiger partial charge in [-0.15, -0.1) is 0 Å². The lowest BCUT2D eigenvalue weighted by molar-refractivity contribution is -0.119. The zero-order valence-corrected chi connectivity index (χ0v) is 11.5. The van der Waals surface area contributed by atoms with Gasteiger partial charge in [-0.05, 0) is 49.4 Å². The largest absolute Gasteiger partial charge is 0.326 e. The Balaban J connectivity index is 2.05. The third-order valence-corrected chi connectivity index (χ3v) is 3.56. The Labute approximate surface area is 114 Å². The molecule has 0 saturated heterocycles. The van der Waals surface area contributed by atoms with Crippen molar-refractivity contribution in [3.05, 3.63) is 29.3 Å². The highest BCUT2D eigenvalue weighted by Crippen LogP contribution is 2.37. The molecule has 3 N–H and O–H groups in total. The Morgan fingerprint density at radius 3 is 2.84 bits per heavy atom. The highest BCUT2D eigenvalue weighted by atomic mass is 16.1. The third-order valence-electron chi connectivity index (χ3n) is 3.56. The number of aryl methyl sites for hydroxylation is 1. The van der Waals surface area contributed by atoms with Gasteiger partial charge in [-0.25, -0.2) is 0 Å². The van der Waals surface area contributed by atoms with E-state index in [0.29, 0.717) is 12.5 Å². The maximum absolute atomic E-state index is 12.0. The van der Waals surface area contributed by atoms with Gasteiger partial charge in [-0.2, -0.15) is 0 Å². The first-order chi connectivity index (χ1) is 9.11. The molecule has 1 atom stereocenters. The van der Waals surface area contributed by atoms with E-state index in [2.05, 4.69) is 17.2 Å². The van der Waals surface area contributed by atoms with Crippen LogP contribution in [0.25, 0.3) is 0 Å². The van der Waals surface area contributed by atoms with E-state index < -0.39 is 0 Å². The number of carbonyl (C=O) groups is 1. The van der Waals surface area contributed by atoms with Crippen LogP contribution in [0, 0.1) is 30.6 Å². The smallest absolute Gasteiger partial charge is 0.227 e. The van der Waals surface area contributed by atoms with Crippen LogP contribution >= 0.6 is 0 Å². The topological polar surface area (TPSA) is 55.1 Å². The van der Waals surface area contributed by atoms with Gasteiger partial charge in [0.1, 0.15) is 0 Å². The summed E-state index contributed by atoms with van der Waals surface area (Å²) in [5.41, 5.74) is 8.21. The van der Waals surface area contributed by atoms with Crippen molar-refractivity contribution < 1.29 is 4.79 Å². The maximum atomic E-state index is 12.0. The van der Waals surface area contributed by atoms with E-state index in [1.54, 1.807) is 0 Å². The van der Waals surface area contributed by atoms with Crippen LogP contribution in [0.15, 0.2) is 18.2 Å². The zero-order valence-electron chi connectivity index (χ0n) is 11.5. The molecular formula is C16H20N2O. The van der Waals surface area contributed by atoms with Gasteiger partial charge in [0.05, 0.1) is 6.54 Å². The lowest BCUT2D eigenvalue weighted by Gasteiger charge is -2.12. The number of anilines is 1. The molecule has 1 aliphatic rings. The van der Waals surface area contributed by atoms with Crippen molar-refractivity contribution in [1.29, 1.82) is 0 Å². The molecule has 1 fully saturated rings. The van der Waals surface area contributed by atoms with Crippen molar-refractivity contribution in [1.82, 2.24) is 0 Å². The van der Waals surface area contributed by atoms with Crippen LogP contribution in [0.4, 0.5) is 5.69 Å². The van der Waals surface area contributed by atoms with Crippen molar-refractivity contribution in [3.63, 3.8) is 0 Å². The van der Waals surface area contributed by atoms with E-state index in [-0.39, 0.29) is 11.8 Å². The molecule has 1 aromatic rings. The first kappa shape index (κ1) is 13.6. The highest BCUT2D eigenvalue weighted by molar-refractivity contribution is 5.92. The molecule has 3 nitrogen and oxygen atoms in total. The van der Waals surface area contributed by atoms with E-state index in [0.717, 1.165) is 16.8 Å². The number of amides is 1. The number of benzene rings is 1. The van der Waals surface area contributed by atoms with Crippen LogP contribution in [-0.2, 0) is 4.79 Å². The van der Waals surface area contributed by atoms with Gasteiger partial charge in [0.15, 0.2) is 0 Å². The van der Waals surface area contributed by atoms with E-state index in [9.17, 15) is 4.79 Å². The predicted molar refractivity (Wildman–Crippen MR) is 77.6 cm³/mol. The summed E-state index contributed by atoms with van der Waals surface area (Å²) in [4.78, 5) is 12.0. The quantitative estimate of drug-likeness (QED) is 0.815. The standard InChI is InChI=1S/C16H20N2O/c1-11-10-15(8-7-13(11)4-3-9-17)18-16(19)12(2)14-5-6-14/h7-8,10,12,14H,5-6,9,17H2,1-2H3,(H,18,19). The molecule has 1 amide bonds. The molecule has 0 aliphatic heterocycles. The minimum atomic E-state index is 0.108. The minimum Gasteiger partial charge on any atom is -0.326 e. The molecular weight excluding hydrogens is 236 g/mol. The van der Waals surface area contributed by atoms with Crippen molar-refractivity contribution in [2.45, 2.75) is 26.7 Å². The van der Waals surface area contributed by atoms with Crippen LogP contribution in [0.3, 0.4) is 0 Å². The number of hydrogen-bond acceptors (Lipinski definition) is 2. The minimum absolute atomic E-state index is 0.108. The van der Waals surface area contributed by atoms with E-state index in [4.69, 9.17) is 5.73 Å². The Hall–Kier alpha value is -1.79. The average molecular weight is 256 g/mol. The fraction of sp³-hybridized carbons (Fsp3) is 0.438. The van der Waals surface area contributed by atoms with Gasteiger partial charge in [0.25, 0.3) is 0 Å². The summed E-state index contributed by atoms with van der Waals surface area (Å²) in [6, 6.07) is 5.78. The first-order valence-corrected chi connectivity index (χ1v) is 6.72. The van der Waals surface area contributed by atoms with E-state index in [1.165, 1.54) is 12.8 Å². The van der Waals surface area contributed by atoms with Crippen LogP contribution in [-0.4, -0.2) is 12.5 Å². The number of carbonyl (C=O) groups excluding carboxylic acids is 1. The van der Waals surface area contributed by atoms with Crippen LogP contribution < -0.4 is 11.1 Å². The molecule has 0 radical (unpaired) electrons. The molecule has 0 spiro atoms. The lowest BCUT2D eigenvalue weighted by Crippen LogP contribution is -2.21. The summed E-state index contributed by atoms with van der Waals surface area (Å²) >= 11 is 0. The van der Waals surface area contributed by atoms with E-state index in [1.807, 2.05) is 32.0 Å². The van der Waals surface area contributed by atoms with Crippen LogP contribution in [0.1, 0.15) is 30.9 Å². The van der Waals surface area contributed by atoms with Gasteiger partial charge in [-0.3, -0.25) is 4.79 Å². The normalized spacial score (nSPS) is 15.3. The Bertz CT molecular complexity index is 535. The molecule has 100 valence electrons. The van der Waals surface area contributed by atoms with Crippen LogP contribution in [0.2, 0.25) is 0 Å². The highest BCUT2D eigenvalue weighted by Gasteiger charge is 2.32. The number of nitrogens with two attached hydrogens (primary N) is 1. The van der Waals surface area contributed by atoms with Crippen molar-refractivity contribution in [3.8, 4) is 11.8 Å². The number of rotatable bonds is 3. The summed E-state index contributed by atoms with van der Waals surface area (Å²) < 4.78 is 0. The summed E-state index contributed by atoms with van der Waals surface area (Å²) in [5, 5.41) is 2.98. The molecule has 3 heteroatoms. The Kier molecular flexibility index (Phi) is 4.24. The average Bonchev–Trinajstić information content (AvgIpc) is 3.21. The molecule has 0 aromatic heterocycles. The fourth-order valence-electron chi connectivity index (χ4n) is 2.09. The molecule has 19 heavy (non-hydrogen) atoms. The first-order valence-electron chi connectivity index (χ1n) is 6.72. The van der Waals surface area contributed by atoms with Crippen molar-refractivity contribution in [2.75, 3.05) is 11.9 Å². The molecule has 0 bridgehead atoms. The molecule has 1 unspecified atom stereocenters. The fourth-order valence-corrected chi connectivity index (χ4v) is 2.09. The molecule has 1 aliphatic carbocycles. The van der Waals surface area contributed by atoms with Gasteiger partial charge in [-0.1, -0.05) is 18.8 Å². The van der Waals surface area contributed by atoms with Crippen molar-refractivity contribution >= 4 is 11.6 Å². The second-order valence-corrected chi connectivity index (χ2v) is 5.15. The summed E-state index contributed by atoms with van der Waals surface area (Å²) in [6.07, 6.45) is 2.36. The second-order valence-electron chi connectivity index (χ2n) is 5.15. The monoisotopic (exact) mass is 256 g/mol. The maximum Gasteiger partial charge on any atom is 0.227 e. The predicted octanol–water partition coefficient (Wildman–Crippen LogP) is 2.29. The zero-order chi connectivity index (χ0) is 13.8.